The fourth-order valence-electron chi connectivity index (χ4n) is 2.35. The van der Waals surface area contributed by atoms with Crippen molar-refractivity contribution < 1.29 is 14.7 Å². The number of aliphatic carboxylic acids is 1. The van der Waals surface area contributed by atoms with Gasteiger partial charge in [0.15, 0.2) is 5.13 Å². The van der Waals surface area contributed by atoms with Crippen LogP contribution < -0.4 is 5.32 Å². The van der Waals surface area contributed by atoms with Gasteiger partial charge in [-0.3, -0.25) is 14.5 Å². The third kappa shape index (κ3) is 3.10. The van der Waals surface area contributed by atoms with E-state index in [1.807, 2.05) is 11.8 Å². The number of rotatable bonds is 5. The van der Waals surface area contributed by atoms with Crippen molar-refractivity contribution in [2.45, 2.75) is 19.8 Å². The maximum absolute atomic E-state index is 11.8. The Morgan fingerprint density at radius 2 is 2.42 bits per heavy atom. The first-order chi connectivity index (χ1) is 9.05. The molecular weight excluding hydrogens is 266 g/mol. The molecule has 1 aromatic rings. The van der Waals surface area contributed by atoms with E-state index < -0.39 is 11.4 Å². The number of nitrogens with zero attached hydrogens (tertiary/aromatic N) is 2. The summed E-state index contributed by atoms with van der Waals surface area (Å²) in [5, 5.41) is 14.4. The van der Waals surface area contributed by atoms with Crippen LogP contribution in [0.5, 0.6) is 0 Å². The Hall–Kier alpha value is -1.47. The molecule has 0 aromatic carbocycles. The largest absolute Gasteiger partial charge is 0.481 e. The van der Waals surface area contributed by atoms with Crippen LogP contribution in [0.3, 0.4) is 0 Å². The van der Waals surface area contributed by atoms with Crippen molar-refractivity contribution in [1.29, 1.82) is 0 Å². The molecule has 104 valence electrons. The number of hydrogen-bond donors (Lipinski definition) is 2. The van der Waals surface area contributed by atoms with Crippen LogP contribution in [0.1, 0.15) is 19.8 Å². The molecular formula is C12H17N3O3S. The van der Waals surface area contributed by atoms with Crippen LogP contribution in [0.25, 0.3) is 0 Å². The van der Waals surface area contributed by atoms with Gasteiger partial charge >= 0.3 is 5.97 Å². The number of aromatic nitrogens is 1. The zero-order valence-electron chi connectivity index (χ0n) is 10.8. The van der Waals surface area contributed by atoms with Crippen LogP contribution in [0.15, 0.2) is 11.6 Å². The van der Waals surface area contributed by atoms with Crippen molar-refractivity contribution in [2.24, 2.45) is 5.41 Å². The first kappa shape index (κ1) is 14.0. The highest BCUT2D eigenvalue weighted by atomic mass is 32.1. The van der Waals surface area contributed by atoms with Crippen LogP contribution in [-0.4, -0.2) is 46.5 Å². The van der Waals surface area contributed by atoms with Gasteiger partial charge in [-0.25, -0.2) is 4.98 Å². The molecule has 2 N–H and O–H groups in total. The molecule has 1 aromatic heterocycles. The number of hydrogen-bond acceptors (Lipinski definition) is 5. The smallest absolute Gasteiger partial charge is 0.310 e. The van der Waals surface area contributed by atoms with Crippen molar-refractivity contribution in [3.63, 3.8) is 0 Å². The van der Waals surface area contributed by atoms with Crippen molar-refractivity contribution in [3.8, 4) is 0 Å². The topological polar surface area (TPSA) is 82.5 Å². The fraction of sp³-hybridized carbons (Fsp3) is 0.583. The summed E-state index contributed by atoms with van der Waals surface area (Å²) in [6.45, 7) is 3.18. The Morgan fingerprint density at radius 3 is 2.95 bits per heavy atom. The highest BCUT2D eigenvalue weighted by molar-refractivity contribution is 7.13. The molecule has 0 spiro atoms. The molecule has 0 bridgehead atoms. The van der Waals surface area contributed by atoms with Crippen molar-refractivity contribution in [1.82, 2.24) is 9.88 Å². The summed E-state index contributed by atoms with van der Waals surface area (Å²) < 4.78 is 0. The number of amides is 1. The lowest BCUT2D eigenvalue weighted by atomic mass is 9.84. The normalized spacial score (nSPS) is 23.4. The number of thiazole rings is 1. The van der Waals surface area contributed by atoms with E-state index in [9.17, 15) is 14.7 Å². The van der Waals surface area contributed by atoms with Gasteiger partial charge in [-0.1, -0.05) is 6.92 Å². The summed E-state index contributed by atoms with van der Waals surface area (Å²) in [7, 11) is 0. The number of anilines is 1. The SMILES string of the molecule is CCC1(C(=O)O)CCN(CC(=O)Nc2nccs2)C1. The first-order valence-corrected chi connectivity index (χ1v) is 7.09. The monoisotopic (exact) mass is 283 g/mol. The second kappa shape index (κ2) is 5.66. The van der Waals surface area contributed by atoms with Gasteiger partial charge in [0.05, 0.1) is 12.0 Å². The summed E-state index contributed by atoms with van der Waals surface area (Å²) >= 11 is 1.36. The Morgan fingerprint density at radius 1 is 1.63 bits per heavy atom. The molecule has 1 fully saturated rings. The summed E-state index contributed by atoms with van der Waals surface area (Å²) in [4.78, 5) is 29.0. The third-order valence-corrected chi connectivity index (χ3v) is 4.30. The van der Waals surface area contributed by atoms with Crippen molar-refractivity contribution >= 4 is 28.3 Å². The van der Waals surface area contributed by atoms with Crippen molar-refractivity contribution in [2.75, 3.05) is 25.0 Å². The third-order valence-electron chi connectivity index (χ3n) is 3.61. The minimum atomic E-state index is -0.766. The highest BCUT2D eigenvalue weighted by Gasteiger charge is 2.43. The molecule has 0 saturated carbocycles. The molecule has 1 unspecified atom stereocenters. The van der Waals surface area contributed by atoms with Crippen LogP contribution in [0.2, 0.25) is 0 Å². The van der Waals surface area contributed by atoms with Crippen LogP contribution in [-0.2, 0) is 9.59 Å². The van der Waals surface area contributed by atoms with Gasteiger partial charge in [0, 0.05) is 18.1 Å². The van der Waals surface area contributed by atoms with E-state index >= 15 is 0 Å². The molecule has 1 aliphatic rings. The van der Waals surface area contributed by atoms with Gasteiger partial charge in [-0.2, -0.15) is 0 Å². The van der Waals surface area contributed by atoms with E-state index in [1.165, 1.54) is 11.3 Å². The van der Waals surface area contributed by atoms with Gasteiger partial charge in [0.1, 0.15) is 0 Å². The lowest BCUT2D eigenvalue weighted by Gasteiger charge is -2.22. The maximum atomic E-state index is 11.8. The predicted molar refractivity (Wildman–Crippen MR) is 72.2 cm³/mol. The van der Waals surface area contributed by atoms with E-state index in [0.29, 0.717) is 31.1 Å². The van der Waals surface area contributed by atoms with Gasteiger partial charge in [0.25, 0.3) is 0 Å². The second-order valence-electron chi connectivity index (χ2n) is 4.79. The first-order valence-electron chi connectivity index (χ1n) is 6.21. The summed E-state index contributed by atoms with van der Waals surface area (Å²) in [5.74, 6) is -0.912. The zero-order valence-corrected chi connectivity index (χ0v) is 11.6. The van der Waals surface area contributed by atoms with Gasteiger partial charge in [-0.05, 0) is 19.4 Å². The van der Waals surface area contributed by atoms with E-state index in [2.05, 4.69) is 10.3 Å². The Kier molecular flexibility index (Phi) is 4.16. The highest BCUT2D eigenvalue weighted by Crippen LogP contribution is 2.33. The Balaban J connectivity index is 1.88. The average Bonchev–Trinajstić information content (AvgIpc) is 2.99. The Labute approximate surface area is 115 Å². The van der Waals surface area contributed by atoms with Crippen molar-refractivity contribution in [3.05, 3.63) is 11.6 Å². The molecule has 1 atom stereocenters. The molecule has 2 heterocycles. The molecule has 0 radical (unpaired) electrons. The lowest BCUT2D eigenvalue weighted by Crippen LogP contribution is -2.37. The molecule has 19 heavy (non-hydrogen) atoms. The number of carboxylic acids is 1. The average molecular weight is 283 g/mol. The van der Waals surface area contributed by atoms with Crippen LogP contribution in [0, 0.1) is 5.41 Å². The number of carbonyl (C=O) groups is 2. The molecule has 2 rings (SSSR count). The van der Waals surface area contributed by atoms with E-state index in [-0.39, 0.29) is 12.5 Å². The minimum Gasteiger partial charge on any atom is -0.481 e. The standard InChI is InChI=1S/C12H17N3O3S/c1-2-12(10(17)18)3-5-15(8-12)7-9(16)14-11-13-4-6-19-11/h4,6H,2-3,5,7-8H2,1H3,(H,17,18)(H,13,14,16). The minimum absolute atomic E-state index is 0.146. The number of carboxylic acid groups (broad SMARTS) is 1. The number of nitrogens with one attached hydrogen (secondary N) is 1. The summed E-state index contributed by atoms with van der Waals surface area (Å²) in [6.07, 6.45) is 2.82. The Bertz CT molecular complexity index is 463. The molecule has 6 nitrogen and oxygen atoms in total. The fourth-order valence-corrected chi connectivity index (χ4v) is 2.90. The summed E-state index contributed by atoms with van der Waals surface area (Å²) in [5.41, 5.74) is -0.693. The molecule has 1 aliphatic heterocycles. The maximum Gasteiger partial charge on any atom is 0.310 e. The van der Waals surface area contributed by atoms with Gasteiger partial charge in [-0.15, -0.1) is 11.3 Å². The second-order valence-corrected chi connectivity index (χ2v) is 5.68. The van der Waals surface area contributed by atoms with E-state index in [0.717, 1.165) is 0 Å². The van der Waals surface area contributed by atoms with Crippen LogP contribution >= 0.6 is 11.3 Å². The predicted octanol–water partition coefficient (Wildman–Crippen LogP) is 1.27. The molecule has 0 aliphatic carbocycles. The molecule has 1 saturated heterocycles. The number of carbonyl (C=O) groups excluding carboxylic acids is 1. The quantitative estimate of drug-likeness (QED) is 0.850. The van der Waals surface area contributed by atoms with Gasteiger partial charge < -0.3 is 10.4 Å². The van der Waals surface area contributed by atoms with Gasteiger partial charge in [0.2, 0.25) is 5.91 Å². The zero-order chi connectivity index (χ0) is 13.9. The molecule has 1 amide bonds. The lowest BCUT2D eigenvalue weighted by molar-refractivity contribution is -0.148. The van der Waals surface area contributed by atoms with E-state index in [4.69, 9.17) is 0 Å². The van der Waals surface area contributed by atoms with Crippen LogP contribution in [0.4, 0.5) is 5.13 Å². The summed E-state index contributed by atoms with van der Waals surface area (Å²) in [6, 6.07) is 0. The van der Waals surface area contributed by atoms with E-state index in [1.54, 1.807) is 11.6 Å². The number of likely N-dealkylation sites (tertiary alicyclic amines) is 1. The molecule has 7 heteroatoms.